The molecule has 1 unspecified atom stereocenters. The fourth-order valence-electron chi connectivity index (χ4n) is 1.84. The second-order valence-electron chi connectivity index (χ2n) is 4.10. The Kier molecular flexibility index (Phi) is 4.25. The van der Waals surface area contributed by atoms with Crippen molar-refractivity contribution in [3.8, 4) is 5.69 Å². The fourth-order valence-corrected chi connectivity index (χ4v) is 1.84. The van der Waals surface area contributed by atoms with Crippen LogP contribution >= 0.6 is 0 Å². The molecular weight excluding hydrogens is 224 g/mol. The molecule has 0 fully saturated rings. The molecule has 18 heavy (non-hydrogen) atoms. The van der Waals surface area contributed by atoms with E-state index in [4.69, 9.17) is 0 Å². The predicted octanol–water partition coefficient (Wildman–Crippen LogP) is 2.49. The molecule has 4 nitrogen and oxygen atoms in total. The van der Waals surface area contributed by atoms with E-state index in [1.807, 2.05) is 49.7 Å². The van der Waals surface area contributed by atoms with E-state index in [1.165, 1.54) is 0 Å². The van der Waals surface area contributed by atoms with E-state index in [2.05, 4.69) is 22.1 Å². The van der Waals surface area contributed by atoms with Gasteiger partial charge in [0.05, 0.1) is 17.9 Å². The first-order valence-electron chi connectivity index (χ1n) is 6.11. The van der Waals surface area contributed by atoms with Crippen molar-refractivity contribution in [2.24, 2.45) is 0 Å². The molecule has 1 aromatic carbocycles. The molecular formula is C14H18N4. The van der Waals surface area contributed by atoms with Gasteiger partial charge in [-0.15, -0.1) is 6.58 Å². The Morgan fingerprint density at radius 3 is 2.83 bits per heavy atom. The number of nitrogens with one attached hydrogen (secondary N) is 1. The number of allylic oxidation sites excluding steroid dienone is 1. The zero-order valence-corrected chi connectivity index (χ0v) is 10.6. The third-order valence-electron chi connectivity index (χ3n) is 2.86. The molecule has 1 atom stereocenters. The van der Waals surface area contributed by atoms with Crippen molar-refractivity contribution in [2.75, 3.05) is 7.05 Å². The summed E-state index contributed by atoms with van der Waals surface area (Å²) in [6.07, 6.45) is 5.68. The number of aromatic nitrogens is 3. The highest BCUT2D eigenvalue weighted by atomic mass is 15.5. The van der Waals surface area contributed by atoms with Crippen LogP contribution in [0.25, 0.3) is 5.69 Å². The Balaban J connectivity index is 2.16. The summed E-state index contributed by atoms with van der Waals surface area (Å²) in [6.45, 7) is 3.74. The van der Waals surface area contributed by atoms with Gasteiger partial charge in [-0.3, -0.25) is 0 Å². The average Bonchev–Trinajstić information content (AvgIpc) is 2.90. The first kappa shape index (κ1) is 12.5. The zero-order valence-electron chi connectivity index (χ0n) is 10.6. The van der Waals surface area contributed by atoms with E-state index in [-0.39, 0.29) is 6.04 Å². The standard InChI is InChI=1S/C14H18N4/c1-3-4-10-13(15-2)14-11-16-18(17-14)12-8-6-5-7-9-12/h3,5-9,11,13,15H,1,4,10H2,2H3. The molecule has 4 heteroatoms. The summed E-state index contributed by atoms with van der Waals surface area (Å²) >= 11 is 0. The Labute approximate surface area is 107 Å². The summed E-state index contributed by atoms with van der Waals surface area (Å²) in [7, 11) is 1.94. The van der Waals surface area contributed by atoms with Crippen molar-refractivity contribution in [2.45, 2.75) is 18.9 Å². The lowest BCUT2D eigenvalue weighted by atomic mass is 10.1. The minimum absolute atomic E-state index is 0.223. The summed E-state index contributed by atoms with van der Waals surface area (Å²) in [5.41, 5.74) is 1.94. The van der Waals surface area contributed by atoms with Crippen LogP contribution < -0.4 is 5.32 Å². The highest BCUT2D eigenvalue weighted by molar-refractivity contribution is 5.28. The second kappa shape index (κ2) is 6.12. The number of hydrogen-bond acceptors (Lipinski definition) is 3. The molecule has 1 aromatic heterocycles. The SMILES string of the molecule is C=CCCC(NC)c1cnn(-c2ccccc2)n1. The molecule has 2 rings (SSSR count). The molecule has 0 spiro atoms. The smallest absolute Gasteiger partial charge is 0.100 e. The number of benzene rings is 1. The Hall–Kier alpha value is -1.94. The number of hydrogen-bond donors (Lipinski definition) is 1. The molecule has 1 heterocycles. The van der Waals surface area contributed by atoms with Crippen LogP contribution in [0.2, 0.25) is 0 Å². The number of rotatable bonds is 6. The van der Waals surface area contributed by atoms with Crippen LogP contribution in [0, 0.1) is 0 Å². The molecule has 2 aromatic rings. The molecule has 0 aliphatic rings. The summed E-state index contributed by atoms with van der Waals surface area (Å²) in [6, 6.07) is 10.1. The summed E-state index contributed by atoms with van der Waals surface area (Å²) in [5, 5.41) is 12.1. The van der Waals surface area contributed by atoms with Gasteiger partial charge >= 0.3 is 0 Å². The van der Waals surface area contributed by atoms with Crippen LogP contribution in [0.5, 0.6) is 0 Å². The highest BCUT2D eigenvalue weighted by Gasteiger charge is 2.12. The molecule has 0 radical (unpaired) electrons. The van der Waals surface area contributed by atoms with Gasteiger partial charge in [0.1, 0.15) is 5.69 Å². The van der Waals surface area contributed by atoms with Gasteiger partial charge in [-0.05, 0) is 32.0 Å². The van der Waals surface area contributed by atoms with Crippen LogP contribution in [0.3, 0.4) is 0 Å². The molecule has 94 valence electrons. The van der Waals surface area contributed by atoms with E-state index >= 15 is 0 Å². The van der Waals surface area contributed by atoms with Crippen LogP contribution in [0.15, 0.2) is 49.2 Å². The van der Waals surface area contributed by atoms with E-state index in [1.54, 1.807) is 4.80 Å². The van der Waals surface area contributed by atoms with Gasteiger partial charge in [-0.1, -0.05) is 24.3 Å². The summed E-state index contributed by atoms with van der Waals surface area (Å²) in [5.74, 6) is 0. The zero-order chi connectivity index (χ0) is 12.8. The average molecular weight is 242 g/mol. The Morgan fingerprint density at radius 2 is 2.17 bits per heavy atom. The van der Waals surface area contributed by atoms with Crippen molar-refractivity contribution in [3.05, 3.63) is 54.9 Å². The van der Waals surface area contributed by atoms with Gasteiger partial charge in [0.2, 0.25) is 0 Å². The van der Waals surface area contributed by atoms with E-state index in [0.717, 1.165) is 24.2 Å². The normalized spacial score (nSPS) is 12.3. The molecule has 0 saturated heterocycles. The first-order chi connectivity index (χ1) is 8.85. The van der Waals surface area contributed by atoms with Gasteiger partial charge in [0, 0.05) is 0 Å². The quantitative estimate of drug-likeness (QED) is 0.791. The summed E-state index contributed by atoms with van der Waals surface area (Å²) in [4.78, 5) is 1.66. The maximum atomic E-state index is 4.51. The third-order valence-corrected chi connectivity index (χ3v) is 2.86. The summed E-state index contributed by atoms with van der Waals surface area (Å²) < 4.78 is 0. The van der Waals surface area contributed by atoms with E-state index in [9.17, 15) is 0 Å². The van der Waals surface area contributed by atoms with Crippen LogP contribution in [0.1, 0.15) is 24.6 Å². The molecule has 0 aliphatic carbocycles. The maximum absolute atomic E-state index is 4.51. The molecule has 0 aliphatic heterocycles. The maximum Gasteiger partial charge on any atom is 0.100 e. The van der Waals surface area contributed by atoms with Crippen molar-refractivity contribution in [1.82, 2.24) is 20.3 Å². The monoisotopic (exact) mass is 242 g/mol. The topological polar surface area (TPSA) is 42.7 Å². The van der Waals surface area contributed by atoms with Crippen molar-refractivity contribution in [3.63, 3.8) is 0 Å². The lowest BCUT2D eigenvalue weighted by Gasteiger charge is -2.11. The number of nitrogens with zero attached hydrogens (tertiary/aromatic N) is 3. The second-order valence-corrected chi connectivity index (χ2v) is 4.10. The van der Waals surface area contributed by atoms with Gasteiger partial charge in [-0.2, -0.15) is 15.0 Å². The van der Waals surface area contributed by atoms with E-state index in [0.29, 0.717) is 0 Å². The highest BCUT2D eigenvalue weighted by Crippen LogP contribution is 2.16. The third kappa shape index (κ3) is 2.84. The fraction of sp³-hybridized carbons (Fsp3) is 0.286. The van der Waals surface area contributed by atoms with Gasteiger partial charge in [-0.25, -0.2) is 0 Å². The minimum atomic E-state index is 0.223. The van der Waals surface area contributed by atoms with Crippen LogP contribution in [-0.2, 0) is 0 Å². The molecule has 1 N–H and O–H groups in total. The van der Waals surface area contributed by atoms with Gasteiger partial charge in [0.25, 0.3) is 0 Å². The largest absolute Gasteiger partial charge is 0.312 e. The Bertz CT molecular complexity index is 490. The van der Waals surface area contributed by atoms with Crippen molar-refractivity contribution >= 4 is 0 Å². The van der Waals surface area contributed by atoms with Crippen molar-refractivity contribution in [1.29, 1.82) is 0 Å². The van der Waals surface area contributed by atoms with Gasteiger partial charge < -0.3 is 5.32 Å². The van der Waals surface area contributed by atoms with Crippen LogP contribution in [-0.4, -0.2) is 22.0 Å². The molecule has 0 amide bonds. The van der Waals surface area contributed by atoms with Crippen LogP contribution in [0.4, 0.5) is 0 Å². The molecule has 0 saturated carbocycles. The number of para-hydroxylation sites is 1. The lowest BCUT2D eigenvalue weighted by molar-refractivity contribution is 0.535. The lowest BCUT2D eigenvalue weighted by Crippen LogP contribution is -2.17. The minimum Gasteiger partial charge on any atom is -0.312 e. The molecule has 0 bridgehead atoms. The first-order valence-corrected chi connectivity index (χ1v) is 6.11. The van der Waals surface area contributed by atoms with E-state index < -0.39 is 0 Å². The Morgan fingerprint density at radius 1 is 1.39 bits per heavy atom. The van der Waals surface area contributed by atoms with Crippen molar-refractivity contribution < 1.29 is 0 Å². The predicted molar refractivity (Wildman–Crippen MR) is 72.6 cm³/mol. The van der Waals surface area contributed by atoms with Gasteiger partial charge in [0.15, 0.2) is 0 Å².